The second-order valence-corrected chi connectivity index (χ2v) is 11.4. The van der Waals surface area contributed by atoms with Gasteiger partial charge in [-0.05, 0) is 48.6 Å². The summed E-state index contributed by atoms with van der Waals surface area (Å²) in [6.45, 7) is 3.65. The molecule has 1 amide bonds. The van der Waals surface area contributed by atoms with Crippen LogP contribution in [0.4, 0.5) is 4.79 Å². The molecule has 40 heavy (non-hydrogen) atoms. The van der Waals surface area contributed by atoms with Crippen molar-refractivity contribution in [2.75, 3.05) is 5.33 Å². The molecule has 0 aliphatic heterocycles. The fourth-order valence-electron chi connectivity index (χ4n) is 4.37. The highest BCUT2D eigenvalue weighted by Gasteiger charge is 2.27. The summed E-state index contributed by atoms with van der Waals surface area (Å²) in [5, 5.41) is 4.12. The molecular weight excluding hydrogens is 642 g/mol. The zero-order valence-electron chi connectivity index (χ0n) is 22.1. The molecule has 7 nitrogen and oxygen atoms in total. The third-order valence-corrected chi connectivity index (χ3v) is 8.68. The van der Waals surface area contributed by atoms with Crippen molar-refractivity contribution in [2.24, 2.45) is 0 Å². The number of amides is 1. The molecule has 4 aromatic rings. The third-order valence-electron chi connectivity index (χ3n) is 6.38. The Labute approximate surface area is 249 Å². The van der Waals surface area contributed by atoms with Crippen molar-refractivity contribution in [2.45, 2.75) is 44.2 Å². The standard InChI is InChI=1S/C31H29Br2NO6/c1-19-13-27(35)39-29-20(2)28(23(16-25(19)29)15-24(33)17-32)40-30(36)26(14-21-9-5-3-6-10-21)34-31(37)38-18-22-11-7-4-8-12-22/h3-13,16,24,26H,14-15,17-18H2,1-2H3,(H,34,37)/t24?,26-/m0/s1. The molecule has 0 saturated carbocycles. The number of benzene rings is 3. The quantitative estimate of drug-likeness (QED) is 0.0890. The lowest BCUT2D eigenvalue weighted by atomic mass is 9.99. The van der Waals surface area contributed by atoms with Crippen molar-refractivity contribution in [3.8, 4) is 5.75 Å². The van der Waals surface area contributed by atoms with E-state index < -0.39 is 23.7 Å². The van der Waals surface area contributed by atoms with E-state index in [-0.39, 0.29) is 17.9 Å². The van der Waals surface area contributed by atoms with Crippen LogP contribution in [0.3, 0.4) is 0 Å². The number of esters is 1. The molecule has 2 atom stereocenters. The first-order valence-electron chi connectivity index (χ1n) is 12.7. The van der Waals surface area contributed by atoms with Crippen LogP contribution >= 0.6 is 31.9 Å². The summed E-state index contributed by atoms with van der Waals surface area (Å²) in [5.74, 6) is -0.363. The van der Waals surface area contributed by atoms with Crippen LogP contribution in [-0.4, -0.2) is 28.3 Å². The summed E-state index contributed by atoms with van der Waals surface area (Å²) < 4.78 is 16.9. The number of alkyl halides is 2. The first kappa shape index (κ1) is 29.6. The maximum atomic E-state index is 13.7. The molecule has 0 saturated heterocycles. The molecular formula is C31H29Br2NO6. The highest BCUT2D eigenvalue weighted by atomic mass is 79.9. The van der Waals surface area contributed by atoms with Gasteiger partial charge >= 0.3 is 17.7 Å². The summed E-state index contributed by atoms with van der Waals surface area (Å²) in [4.78, 5) is 38.6. The Morgan fingerprint density at radius 2 is 1.60 bits per heavy atom. The lowest BCUT2D eigenvalue weighted by molar-refractivity contribution is -0.136. The molecule has 9 heteroatoms. The Hall–Kier alpha value is -3.43. The Balaban J connectivity index is 1.64. The highest BCUT2D eigenvalue weighted by Crippen LogP contribution is 2.34. The van der Waals surface area contributed by atoms with Gasteiger partial charge in [0, 0.05) is 33.6 Å². The van der Waals surface area contributed by atoms with Crippen LogP contribution in [0, 0.1) is 13.8 Å². The van der Waals surface area contributed by atoms with Gasteiger partial charge in [0.1, 0.15) is 24.0 Å². The van der Waals surface area contributed by atoms with Crippen LogP contribution in [0.1, 0.15) is 27.8 Å². The van der Waals surface area contributed by atoms with Crippen LogP contribution in [0.2, 0.25) is 0 Å². The minimum Gasteiger partial charge on any atom is -0.445 e. The summed E-state index contributed by atoms with van der Waals surface area (Å²) in [7, 11) is 0. The fraction of sp³-hybridized carbons (Fsp3) is 0.258. The van der Waals surface area contributed by atoms with E-state index in [1.807, 2.05) is 73.7 Å². The van der Waals surface area contributed by atoms with E-state index >= 15 is 0 Å². The Bertz CT molecular complexity index is 1540. The molecule has 1 N–H and O–H groups in total. The van der Waals surface area contributed by atoms with Gasteiger partial charge in [0.15, 0.2) is 0 Å². The van der Waals surface area contributed by atoms with E-state index in [4.69, 9.17) is 13.9 Å². The van der Waals surface area contributed by atoms with Gasteiger partial charge in [-0.25, -0.2) is 14.4 Å². The highest BCUT2D eigenvalue weighted by molar-refractivity contribution is 9.12. The number of alkyl carbamates (subject to hydrolysis) is 1. The average Bonchev–Trinajstić information content (AvgIpc) is 2.95. The van der Waals surface area contributed by atoms with Gasteiger partial charge in [-0.3, -0.25) is 0 Å². The lowest BCUT2D eigenvalue weighted by Gasteiger charge is -2.21. The normalized spacial score (nSPS) is 12.5. The van der Waals surface area contributed by atoms with Gasteiger partial charge in [-0.15, -0.1) is 0 Å². The number of nitrogens with one attached hydrogen (secondary N) is 1. The number of carbonyl (C=O) groups excluding carboxylic acids is 2. The zero-order valence-corrected chi connectivity index (χ0v) is 25.3. The molecule has 0 aliphatic carbocycles. The monoisotopic (exact) mass is 669 g/mol. The zero-order chi connectivity index (χ0) is 28.6. The van der Waals surface area contributed by atoms with Crippen molar-refractivity contribution in [3.63, 3.8) is 0 Å². The smallest absolute Gasteiger partial charge is 0.408 e. The van der Waals surface area contributed by atoms with Crippen molar-refractivity contribution < 1.29 is 23.5 Å². The first-order chi connectivity index (χ1) is 19.2. The molecule has 0 radical (unpaired) electrons. The Morgan fingerprint density at radius 3 is 2.25 bits per heavy atom. The second kappa shape index (κ2) is 13.8. The van der Waals surface area contributed by atoms with Gasteiger partial charge in [0.25, 0.3) is 0 Å². The maximum absolute atomic E-state index is 13.7. The van der Waals surface area contributed by atoms with E-state index in [2.05, 4.69) is 37.2 Å². The molecule has 3 aromatic carbocycles. The molecule has 208 valence electrons. The molecule has 0 spiro atoms. The van der Waals surface area contributed by atoms with Crippen molar-refractivity contribution in [1.29, 1.82) is 0 Å². The number of hydrogen-bond acceptors (Lipinski definition) is 6. The van der Waals surface area contributed by atoms with Crippen molar-refractivity contribution >= 4 is 54.9 Å². The molecule has 4 rings (SSSR count). The minimum atomic E-state index is -1.03. The second-order valence-electron chi connectivity index (χ2n) is 9.44. The maximum Gasteiger partial charge on any atom is 0.408 e. The van der Waals surface area contributed by atoms with Crippen molar-refractivity contribution in [1.82, 2.24) is 5.32 Å². The summed E-state index contributed by atoms with van der Waals surface area (Å²) >= 11 is 7.12. The predicted molar refractivity (Wildman–Crippen MR) is 162 cm³/mol. The van der Waals surface area contributed by atoms with Crippen LogP contribution in [0.5, 0.6) is 5.75 Å². The SMILES string of the molecule is Cc1cc(=O)oc2c(C)c(OC(=O)[C@H](Cc3ccccc3)NC(=O)OCc3ccccc3)c(CC(Br)CBr)cc12. The van der Waals surface area contributed by atoms with Crippen molar-refractivity contribution in [3.05, 3.63) is 111 Å². The fourth-order valence-corrected chi connectivity index (χ4v) is 4.95. The molecule has 0 aliphatic rings. The molecule has 0 fully saturated rings. The molecule has 1 aromatic heterocycles. The number of aryl methyl sites for hydroxylation is 2. The van der Waals surface area contributed by atoms with Gasteiger partial charge in [-0.1, -0.05) is 92.5 Å². The largest absolute Gasteiger partial charge is 0.445 e. The van der Waals surface area contributed by atoms with E-state index in [9.17, 15) is 14.4 Å². The first-order valence-corrected chi connectivity index (χ1v) is 14.8. The molecule has 1 unspecified atom stereocenters. The number of halogens is 2. The topological polar surface area (TPSA) is 94.8 Å². The number of ether oxygens (including phenoxy) is 2. The summed E-state index contributed by atoms with van der Waals surface area (Å²) in [6, 6.07) is 20.9. The lowest BCUT2D eigenvalue weighted by Crippen LogP contribution is -2.44. The van der Waals surface area contributed by atoms with E-state index in [0.717, 1.165) is 27.6 Å². The molecule has 1 heterocycles. The third kappa shape index (κ3) is 7.61. The van der Waals surface area contributed by atoms with Crippen LogP contribution in [0.25, 0.3) is 11.0 Å². The number of hydrogen-bond donors (Lipinski definition) is 1. The summed E-state index contributed by atoms with van der Waals surface area (Å²) in [5.41, 5.74) is 3.60. The van der Waals surface area contributed by atoms with Gasteiger partial charge in [-0.2, -0.15) is 0 Å². The molecule has 0 bridgehead atoms. The van der Waals surface area contributed by atoms with Crippen LogP contribution < -0.4 is 15.7 Å². The van der Waals surface area contributed by atoms with E-state index in [1.54, 1.807) is 6.92 Å². The summed E-state index contributed by atoms with van der Waals surface area (Å²) in [6.07, 6.45) is -0.00342. The Morgan fingerprint density at radius 1 is 0.950 bits per heavy atom. The van der Waals surface area contributed by atoms with Crippen LogP contribution in [-0.2, 0) is 29.0 Å². The van der Waals surface area contributed by atoms with Gasteiger partial charge in [0.05, 0.1) is 0 Å². The number of fused-ring (bicyclic) bond motifs is 1. The van der Waals surface area contributed by atoms with E-state index in [1.165, 1.54) is 6.07 Å². The van der Waals surface area contributed by atoms with E-state index in [0.29, 0.717) is 28.6 Å². The Kier molecular flexibility index (Phi) is 10.2. The number of carbonyl (C=O) groups is 2. The van der Waals surface area contributed by atoms with Crippen LogP contribution in [0.15, 0.2) is 82.0 Å². The predicted octanol–water partition coefficient (Wildman–Crippen LogP) is 6.55. The van der Waals surface area contributed by atoms with Gasteiger partial charge in [0.2, 0.25) is 0 Å². The number of rotatable bonds is 10. The van der Waals surface area contributed by atoms with Gasteiger partial charge < -0.3 is 19.2 Å². The minimum absolute atomic E-state index is 0.0593. The average molecular weight is 671 g/mol.